The van der Waals surface area contributed by atoms with Crippen molar-refractivity contribution in [2.75, 3.05) is 0 Å². The highest BCUT2D eigenvalue weighted by molar-refractivity contribution is 7.90. The van der Waals surface area contributed by atoms with E-state index in [-0.39, 0.29) is 4.90 Å². The molecule has 2 aromatic carbocycles. The van der Waals surface area contributed by atoms with Crippen LogP contribution in [0.15, 0.2) is 59.5 Å². The Morgan fingerprint density at radius 2 is 1.55 bits per heavy atom. The molecule has 0 bridgehead atoms. The standard InChI is InChI=1S/C16H15N3O2S/c1-12-8-10-15(11-9-12)22(20,21)19-16(13(2)17-18-19)14-6-4-3-5-7-14/h3-11H,1-2H3. The van der Waals surface area contributed by atoms with Crippen molar-refractivity contribution in [3.63, 3.8) is 0 Å². The van der Waals surface area contributed by atoms with Crippen molar-refractivity contribution in [1.29, 1.82) is 0 Å². The van der Waals surface area contributed by atoms with Crippen molar-refractivity contribution in [2.24, 2.45) is 0 Å². The molecule has 0 radical (unpaired) electrons. The summed E-state index contributed by atoms with van der Waals surface area (Å²) in [5.74, 6) is 0. The van der Waals surface area contributed by atoms with E-state index in [4.69, 9.17) is 0 Å². The van der Waals surface area contributed by atoms with Gasteiger partial charge in [0.05, 0.1) is 10.6 Å². The van der Waals surface area contributed by atoms with Gasteiger partial charge in [-0.3, -0.25) is 0 Å². The summed E-state index contributed by atoms with van der Waals surface area (Å²) in [6, 6.07) is 15.9. The Morgan fingerprint density at radius 3 is 2.18 bits per heavy atom. The molecule has 0 amide bonds. The summed E-state index contributed by atoms with van der Waals surface area (Å²) in [5, 5.41) is 7.78. The van der Waals surface area contributed by atoms with Crippen LogP contribution in [0.2, 0.25) is 0 Å². The maximum absolute atomic E-state index is 12.8. The van der Waals surface area contributed by atoms with Crippen molar-refractivity contribution < 1.29 is 8.42 Å². The average molecular weight is 313 g/mol. The zero-order valence-corrected chi connectivity index (χ0v) is 13.1. The Balaban J connectivity index is 2.19. The van der Waals surface area contributed by atoms with Crippen molar-refractivity contribution in [3.05, 3.63) is 65.9 Å². The molecule has 0 saturated heterocycles. The molecular weight excluding hydrogens is 298 g/mol. The van der Waals surface area contributed by atoms with Gasteiger partial charge in [-0.05, 0) is 26.0 Å². The fourth-order valence-corrected chi connectivity index (χ4v) is 3.52. The Labute approximate surface area is 129 Å². The van der Waals surface area contributed by atoms with E-state index in [0.29, 0.717) is 11.4 Å². The van der Waals surface area contributed by atoms with Crippen LogP contribution in [0.4, 0.5) is 0 Å². The summed E-state index contributed by atoms with van der Waals surface area (Å²) >= 11 is 0. The number of hydrogen-bond donors (Lipinski definition) is 0. The maximum Gasteiger partial charge on any atom is 0.284 e. The van der Waals surface area contributed by atoms with E-state index in [2.05, 4.69) is 10.3 Å². The van der Waals surface area contributed by atoms with E-state index in [9.17, 15) is 8.42 Å². The van der Waals surface area contributed by atoms with Crippen LogP contribution >= 0.6 is 0 Å². The van der Waals surface area contributed by atoms with Gasteiger partial charge < -0.3 is 0 Å². The van der Waals surface area contributed by atoms with Gasteiger partial charge in [0.2, 0.25) is 0 Å². The molecule has 1 heterocycles. The number of aryl methyl sites for hydroxylation is 2. The lowest BCUT2D eigenvalue weighted by Crippen LogP contribution is -2.16. The largest absolute Gasteiger partial charge is 0.284 e. The summed E-state index contributed by atoms with van der Waals surface area (Å²) in [6.07, 6.45) is 0. The van der Waals surface area contributed by atoms with Gasteiger partial charge in [-0.25, -0.2) is 0 Å². The maximum atomic E-state index is 12.8. The molecule has 0 aliphatic heterocycles. The Bertz CT molecular complexity index is 898. The van der Waals surface area contributed by atoms with Crippen molar-refractivity contribution >= 4 is 10.0 Å². The second-order valence-electron chi connectivity index (χ2n) is 5.05. The minimum atomic E-state index is -3.77. The van der Waals surface area contributed by atoms with Gasteiger partial charge in [-0.1, -0.05) is 53.2 Å². The molecule has 6 heteroatoms. The quantitative estimate of drug-likeness (QED) is 0.746. The molecule has 0 atom stereocenters. The van der Waals surface area contributed by atoms with Gasteiger partial charge in [0.1, 0.15) is 5.69 Å². The predicted octanol–water partition coefficient (Wildman–Crippen LogP) is 2.80. The van der Waals surface area contributed by atoms with Crippen LogP contribution in [-0.2, 0) is 10.0 Å². The summed E-state index contributed by atoms with van der Waals surface area (Å²) in [6.45, 7) is 3.65. The van der Waals surface area contributed by atoms with Crippen LogP contribution in [0.1, 0.15) is 11.3 Å². The smallest absolute Gasteiger partial charge is 0.199 e. The molecule has 0 saturated carbocycles. The van der Waals surface area contributed by atoms with Crippen LogP contribution in [0.3, 0.4) is 0 Å². The zero-order valence-electron chi connectivity index (χ0n) is 12.3. The van der Waals surface area contributed by atoms with Crippen LogP contribution in [0, 0.1) is 13.8 Å². The molecule has 3 aromatic rings. The van der Waals surface area contributed by atoms with E-state index >= 15 is 0 Å². The second-order valence-corrected chi connectivity index (χ2v) is 6.82. The summed E-state index contributed by atoms with van der Waals surface area (Å²) in [5.41, 5.74) is 2.82. The van der Waals surface area contributed by atoms with Crippen molar-refractivity contribution in [3.8, 4) is 11.3 Å². The van der Waals surface area contributed by atoms with Gasteiger partial charge in [0.25, 0.3) is 10.0 Å². The Kier molecular flexibility index (Phi) is 3.54. The molecule has 3 rings (SSSR count). The van der Waals surface area contributed by atoms with Crippen LogP contribution in [-0.4, -0.2) is 22.8 Å². The van der Waals surface area contributed by atoms with E-state index in [1.807, 2.05) is 37.3 Å². The first-order chi connectivity index (χ1) is 10.5. The monoisotopic (exact) mass is 313 g/mol. The fourth-order valence-electron chi connectivity index (χ4n) is 2.23. The van der Waals surface area contributed by atoms with Crippen LogP contribution in [0.25, 0.3) is 11.3 Å². The number of rotatable bonds is 3. The van der Waals surface area contributed by atoms with Gasteiger partial charge in [-0.2, -0.15) is 8.42 Å². The second kappa shape index (κ2) is 5.38. The van der Waals surface area contributed by atoms with Crippen LogP contribution < -0.4 is 0 Å². The third kappa shape index (κ3) is 2.42. The Morgan fingerprint density at radius 1 is 0.909 bits per heavy atom. The first-order valence-corrected chi connectivity index (χ1v) is 8.24. The summed E-state index contributed by atoms with van der Waals surface area (Å²) < 4.78 is 26.6. The molecule has 5 nitrogen and oxygen atoms in total. The third-order valence-corrected chi connectivity index (χ3v) is 4.98. The number of nitrogens with zero attached hydrogens (tertiary/aromatic N) is 3. The molecule has 0 aliphatic carbocycles. The SMILES string of the molecule is Cc1ccc(S(=O)(=O)n2nnc(C)c2-c2ccccc2)cc1. The molecule has 0 fully saturated rings. The van der Waals surface area contributed by atoms with Crippen molar-refractivity contribution in [1.82, 2.24) is 14.4 Å². The van der Waals surface area contributed by atoms with Gasteiger partial charge in [0.15, 0.2) is 0 Å². The molecule has 1 aromatic heterocycles. The van der Waals surface area contributed by atoms with Crippen LogP contribution in [0.5, 0.6) is 0 Å². The predicted molar refractivity (Wildman–Crippen MR) is 84.0 cm³/mol. The lowest BCUT2D eigenvalue weighted by molar-refractivity contribution is 0.578. The lowest BCUT2D eigenvalue weighted by atomic mass is 10.1. The molecule has 22 heavy (non-hydrogen) atoms. The number of benzene rings is 2. The molecule has 0 N–H and O–H groups in total. The Hall–Kier alpha value is -2.47. The fraction of sp³-hybridized carbons (Fsp3) is 0.125. The number of hydrogen-bond acceptors (Lipinski definition) is 4. The van der Waals surface area contributed by atoms with Gasteiger partial charge in [-0.15, -0.1) is 9.19 Å². The van der Waals surface area contributed by atoms with E-state index < -0.39 is 10.0 Å². The van der Waals surface area contributed by atoms with Crippen molar-refractivity contribution in [2.45, 2.75) is 18.7 Å². The molecule has 0 unspecified atom stereocenters. The lowest BCUT2D eigenvalue weighted by Gasteiger charge is -2.08. The van der Waals surface area contributed by atoms with Gasteiger partial charge in [0, 0.05) is 5.56 Å². The topological polar surface area (TPSA) is 64.8 Å². The average Bonchev–Trinajstić information content (AvgIpc) is 2.91. The summed E-state index contributed by atoms with van der Waals surface area (Å²) in [7, 11) is -3.77. The number of aromatic nitrogens is 3. The van der Waals surface area contributed by atoms with E-state index in [1.165, 1.54) is 0 Å². The first kappa shape index (κ1) is 14.5. The molecule has 0 aliphatic rings. The minimum Gasteiger partial charge on any atom is -0.199 e. The first-order valence-electron chi connectivity index (χ1n) is 6.80. The summed E-state index contributed by atoms with van der Waals surface area (Å²) in [4.78, 5) is 0.195. The van der Waals surface area contributed by atoms with E-state index in [1.54, 1.807) is 31.2 Å². The third-order valence-electron chi connectivity index (χ3n) is 3.40. The highest BCUT2D eigenvalue weighted by atomic mass is 32.2. The highest BCUT2D eigenvalue weighted by Gasteiger charge is 2.24. The highest BCUT2D eigenvalue weighted by Crippen LogP contribution is 2.25. The van der Waals surface area contributed by atoms with Gasteiger partial charge >= 0.3 is 0 Å². The normalized spacial score (nSPS) is 11.5. The molecule has 0 spiro atoms. The molecular formula is C16H15N3O2S. The molecule has 112 valence electrons. The van der Waals surface area contributed by atoms with E-state index in [0.717, 1.165) is 15.2 Å². The minimum absolute atomic E-state index is 0.195. The zero-order chi connectivity index (χ0) is 15.7.